The fourth-order valence-electron chi connectivity index (χ4n) is 2.59. The van der Waals surface area contributed by atoms with Crippen molar-refractivity contribution in [1.29, 1.82) is 0 Å². The largest absolute Gasteiger partial charge is 0.508 e. The summed E-state index contributed by atoms with van der Waals surface area (Å²) in [7, 11) is 0. The van der Waals surface area contributed by atoms with Crippen molar-refractivity contribution in [3.05, 3.63) is 57.6 Å². The van der Waals surface area contributed by atoms with Crippen molar-refractivity contribution in [1.82, 2.24) is 0 Å². The van der Waals surface area contributed by atoms with E-state index in [0.29, 0.717) is 15.8 Å². The molecule has 0 saturated heterocycles. The van der Waals surface area contributed by atoms with Gasteiger partial charge in [-0.1, -0.05) is 41.4 Å². The van der Waals surface area contributed by atoms with Crippen LogP contribution in [0.4, 0.5) is 5.69 Å². The van der Waals surface area contributed by atoms with E-state index >= 15 is 0 Å². The molecule has 4 heteroatoms. The van der Waals surface area contributed by atoms with Crippen LogP contribution in [0.15, 0.2) is 36.4 Å². The molecule has 3 rings (SSSR count). The third kappa shape index (κ3) is 2.26. The molecule has 0 heterocycles. The molecule has 2 nitrogen and oxygen atoms in total. The summed E-state index contributed by atoms with van der Waals surface area (Å²) in [6.45, 7) is 0. The van der Waals surface area contributed by atoms with Crippen LogP contribution in [0.3, 0.4) is 0 Å². The van der Waals surface area contributed by atoms with Crippen LogP contribution < -0.4 is 5.32 Å². The normalized spacial score (nSPS) is 17.3. The fraction of sp³-hybridized carbons (Fsp3) is 0.200. The molecule has 0 saturated carbocycles. The molecule has 2 aromatic rings. The third-order valence-corrected chi connectivity index (χ3v) is 4.16. The van der Waals surface area contributed by atoms with E-state index in [4.69, 9.17) is 23.2 Å². The van der Waals surface area contributed by atoms with Gasteiger partial charge in [0, 0.05) is 0 Å². The molecule has 0 fully saturated rings. The van der Waals surface area contributed by atoms with Gasteiger partial charge in [0.05, 0.1) is 21.8 Å². The number of hydrogen-bond donors (Lipinski definition) is 2. The molecule has 0 aliphatic heterocycles. The lowest BCUT2D eigenvalue weighted by Crippen LogP contribution is -2.07. The molecular weight excluding hydrogens is 281 g/mol. The number of halogens is 2. The summed E-state index contributed by atoms with van der Waals surface area (Å²) in [6, 6.07) is 11.2. The molecule has 98 valence electrons. The Morgan fingerprint density at radius 3 is 2.47 bits per heavy atom. The zero-order valence-corrected chi connectivity index (χ0v) is 11.7. The summed E-state index contributed by atoms with van der Waals surface area (Å²) in [6.07, 6.45) is 1.79. The first-order chi connectivity index (χ1) is 9.16. The molecule has 0 aromatic heterocycles. The Hall–Kier alpha value is -1.38. The molecule has 0 bridgehead atoms. The number of rotatable bonds is 2. The van der Waals surface area contributed by atoms with Gasteiger partial charge in [-0.05, 0) is 42.2 Å². The molecule has 2 aromatic carbocycles. The first-order valence-corrected chi connectivity index (χ1v) is 6.93. The van der Waals surface area contributed by atoms with E-state index in [1.807, 2.05) is 30.3 Å². The second-order valence-electron chi connectivity index (χ2n) is 4.68. The van der Waals surface area contributed by atoms with Gasteiger partial charge in [-0.15, -0.1) is 0 Å². The van der Waals surface area contributed by atoms with E-state index in [1.165, 1.54) is 0 Å². The van der Waals surface area contributed by atoms with Crippen molar-refractivity contribution in [2.45, 2.75) is 18.9 Å². The van der Waals surface area contributed by atoms with Crippen LogP contribution in [0.25, 0.3) is 0 Å². The molecule has 0 radical (unpaired) electrons. The van der Waals surface area contributed by atoms with Crippen LogP contribution >= 0.6 is 23.2 Å². The first kappa shape index (κ1) is 12.6. The second-order valence-corrected chi connectivity index (χ2v) is 5.49. The molecule has 1 aliphatic carbocycles. The van der Waals surface area contributed by atoms with E-state index < -0.39 is 0 Å². The number of benzene rings is 2. The topological polar surface area (TPSA) is 32.3 Å². The molecule has 2 N–H and O–H groups in total. The number of anilines is 1. The average molecular weight is 294 g/mol. The quantitative estimate of drug-likeness (QED) is 0.834. The zero-order chi connectivity index (χ0) is 13.4. The first-order valence-electron chi connectivity index (χ1n) is 6.18. The van der Waals surface area contributed by atoms with Crippen molar-refractivity contribution in [2.75, 3.05) is 5.32 Å². The monoisotopic (exact) mass is 293 g/mol. The van der Waals surface area contributed by atoms with Crippen molar-refractivity contribution in [3.63, 3.8) is 0 Å². The van der Waals surface area contributed by atoms with Crippen molar-refractivity contribution in [3.8, 4) is 5.75 Å². The lowest BCUT2D eigenvalue weighted by Gasteiger charge is -2.17. The zero-order valence-electron chi connectivity index (χ0n) is 10.2. The highest BCUT2D eigenvalue weighted by Crippen LogP contribution is 2.40. The van der Waals surface area contributed by atoms with Gasteiger partial charge in [0.2, 0.25) is 0 Å². The minimum absolute atomic E-state index is 0.138. The second kappa shape index (κ2) is 4.95. The predicted octanol–water partition coefficient (Wildman–Crippen LogP) is 4.80. The number of phenols is 1. The van der Waals surface area contributed by atoms with Gasteiger partial charge in [0.25, 0.3) is 0 Å². The number of hydrogen-bond acceptors (Lipinski definition) is 2. The number of aromatic hydroxyl groups is 1. The summed E-state index contributed by atoms with van der Waals surface area (Å²) in [5, 5.41) is 14.5. The van der Waals surface area contributed by atoms with Crippen LogP contribution in [-0.2, 0) is 6.42 Å². The number of phenolic OH excluding ortho intramolecular Hbond substituents is 1. The summed E-state index contributed by atoms with van der Waals surface area (Å²) in [4.78, 5) is 0. The Labute approximate surface area is 122 Å². The van der Waals surface area contributed by atoms with Gasteiger partial charge >= 0.3 is 0 Å². The van der Waals surface area contributed by atoms with Gasteiger partial charge in [-0.2, -0.15) is 0 Å². The van der Waals surface area contributed by atoms with E-state index in [1.54, 1.807) is 6.07 Å². The molecule has 1 aliphatic rings. The standard InChI is InChI=1S/C15H13Cl2NO/c16-11-4-2-5-12(17)15(11)18-13-8-7-10-9(13)3-1-6-14(10)19/h1-6,13,18-19H,7-8H2. The van der Waals surface area contributed by atoms with Gasteiger partial charge in [0.1, 0.15) is 5.75 Å². The smallest absolute Gasteiger partial charge is 0.119 e. The van der Waals surface area contributed by atoms with Gasteiger partial charge in [-0.25, -0.2) is 0 Å². The SMILES string of the molecule is Oc1cccc2c1CCC2Nc1c(Cl)cccc1Cl. The highest BCUT2D eigenvalue weighted by molar-refractivity contribution is 6.39. The van der Waals surface area contributed by atoms with E-state index in [-0.39, 0.29) is 6.04 Å². The van der Waals surface area contributed by atoms with Crippen molar-refractivity contribution < 1.29 is 5.11 Å². The highest BCUT2D eigenvalue weighted by atomic mass is 35.5. The van der Waals surface area contributed by atoms with E-state index in [2.05, 4.69) is 5.32 Å². The molecule has 1 atom stereocenters. The van der Waals surface area contributed by atoms with Crippen LogP contribution in [0.2, 0.25) is 10.0 Å². The predicted molar refractivity (Wildman–Crippen MR) is 79.3 cm³/mol. The molecule has 0 spiro atoms. The van der Waals surface area contributed by atoms with E-state index in [9.17, 15) is 5.11 Å². The van der Waals surface area contributed by atoms with Crippen LogP contribution in [0, 0.1) is 0 Å². The fourth-order valence-corrected chi connectivity index (χ4v) is 3.10. The Kier molecular flexibility index (Phi) is 3.29. The summed E-state index contributed by atoms with van der Waals surface area (Å²) in [5.41, 5.74) is 2.89. The highest BCUT2D eigenvalue weighted by Gasteiger charge is 2.25. The lowest BCUT2D eigenvalue weighted by atomic mass is 10.1. The maximum absolute atomic E-state index is 9.84. The van der Waals surface area contributed by atoms with Crippen LogP contribution in [-0.4, -0.2) is 5.11 Å². The molecule has 19 heavy (non-hydrogen) atoms. The van der Waals surface area contributed by atoms with Gasteiger partial charge < -0.3 is 10.4 Å². The molecular formula is C15H13Cl2NO. The number of fused-ring (bicyclic) bond motifs is 1. The minimum Gasteiger partial charge on any atom is -0.508 e. The van der Waals surface area contributed by atoms with Gasteiger partial charge in [0.15, 0.2) is 0 Å². The Morgan fingerprint density at radius 2 is 1.74 bits per heavy atom. The van der Waals surface area contributed by atoms with Crippen molar-refractivity contribution in [2.24, 2.45) is 0 Å². The Balaban J connectivity index is 1.93. The Morgan fingerprint density at radius 1 is 1.05 bits per heavy atom. The number of para-hydroxylation sites is 1. The lowest BCUT2D eigenvalue weighted by molar-refractivity contribution is 0.469. The molecule has 1 unspecified atom stereocenters. The summed E-state index contributed by atoms with van der Waals surface area (Å²) < 4.78 is 0. The number of nitrogens with one attached hydrogen (secondary N) is 1. The maximum atomic E-state index is 9.84. The molecule has 0 amide bonds. The van der Waals surface area contributed by atoms with Crippen LogP contribution in [0.5, 0.6) is 5.75 Å². The third-order valence-electron chi connectivity index (χ3n) is 3.53. The average Bonchev–Trinajstić information content (AvgIpc) is 2.79. The Bertz CT molecular complexity index is 607. The minimum atomic E-state index is 0.138. The summed E-state index contributed by atoms with van der Waals surface area (Å²) in [5.74, 6) is 0.368. The van der Waals surface area contributed by atoms with Gasteiger partial charge in [-0.3, -0.25) is 0 Å². The summed E-state index contributed by atoms with van der Waals surface area (Å²) >= 11 is 12.3. The van der Waals surface area contributed by atoms with Crippen LogP contribution in [0.1, 0.15) is 23.6 Å². The van der Waals surface area contributed by atoms with E-state index in [0.717, 1.165) is 29.7 Å². The van der Waals surface area contributed by atoms with Crippen molar-refractivity contribution >= 4 is 28.9 Å². The maximum Gasteiger partial charge on any atom is 0.119 e.